The van der Waals surface area contributed by atoms with Gasteiger partial charge in [0.1, 0.15) is 0 Å². The van der Waals surface area contributed by atoms with Crippen molar-refractivity contribution >= 4 is 0 Å². The number of hydrogen-bond acceptors (Lipinski definition) is 2. The van der Waals surface area contributed by atoms with Crippen LogP contribution in [0.1, 0.15) is 19.8 Å². The van der Waals surface area contributed by atoms with Crippen LogP contribution in [0, 0.1) is 5.41 Å². The Morgan fingerprint density at radius 2 is 2.22 bits per heavy atom. The van der Waals surface area contributed by atoms with Crippen LogP contribution in [0.25, 0.3) is 0 Å². The summed E-state index contributed by atoms with van der Waals surface area (Å²) in [5.41, 5.74) is 0.245. The van der Waals surface area contributed by atoms with Gasteiger partial charge in [-0.2, -0.15) is 0 Å². The molecular formula is C7H15NO. The SMILES string of the molecule is CNC(C)C1(CO)CC1. The number of rotatable bonds is 3. The summed E-state index contributed by atoms with van der Waals surface area (Å²) < 4.78 is 0. The van der Waals surface area contributed by atoms with E-state index in [0.717, 1.165) is 0 Å². The van der Waals surface area contributed by atoms with Gasteiger partial charge in [0.25, 0.3) is 0 Å². The van der Waals surface area contributed by atoms with Gasteiger partial charge in [-0.05, 0) is 26.8 Å². The molecule has 0 amide bonds. The Labute approximate surface area is 56.3 Å². The van der Waals surface area contributed by atoms with Gasteiger partial charge in [-0.3, -0.25) is 0 Å². The molecule has 0 aromatic carbocycles. The zero-order chi connectivity index (χ0) is 6.91. The van der Waals surface area contributed by atoms with E-state index in [1.807, 2.05) is 7.05 Å². The largest absolute Gasteiger partial charge is 0.396 e. The van der Waals surface area contributed by atoms with Crippen molar-refractivity contribution in [1.29, 1.82) is 0 Å². The Morgan fingerprint density at radius 3 is 2.33 bits per heavy atom. The molecule has 2 heteroatoms. The predicted molar refractivity (Wildman–Crippen MR) is 37.3 cm³/mol. The van der Waals surface area contributed by atoms with E-state index in [0.29, 0.717) is 12.6 Å². The quantitative estimate of drug-likeness (QED) is 0.577. The Morgan fingerprint density at radius 1 is 1.67 bits per heavy atom. The molecule has 1 rings (SSSR count). The molecule has 1 atom stereocenters. The first-order valence-electron chi connectivity index (χ1n) is 3.53. The highest BCUT2D eigenvalue weighted by Crippen LogP contribution is 2.47. The van der Waals surface area contributed by atoms with Crippen molar-refractivity contribution in [3.8, 4) is 0 Å². The minimum absolute atomic E-state index is 0.245. The minimum atomic E-state index is 0.245. The molecule has 0 radical (unpaired) electrons. The maximum absolute atomic E-state index is 8.92. The average Bonchev–Trinajstić information content (AvgIpc) is 2.66. The smallest absolute Gasteiger partial charge is 0.0502 e. The van der Waals surface area contributed by atoms with Gasteiger partial charge >= 0.3 is 0 Å². The Kier molecular flexibility index (Phi) is 1.78. The van der Waals surface area contributed by atoms with E-state index >= 15 is 0 Å². The summed E-state index contributed by atoms with van der Waals surface area (Å²) in [6.07, 6.45) is 2.37. The molecule has 0 saturated heterocycles. The highest BCUT2D eigenvalue weighted by atomic mass is 16.3. The fourth-order valence-electron chi connectivity index (χ4n) is 1.19. The van der Waals surface area contributed by atoms with Crippen LogP contribution in [0.15, 0.2) is 0 Å². The maximum Gasteiger partial charge on any atom is 0.0502 e. The third kappa shape index (κ3) is 1.10. The lowest BCUT2D eigenvalue weighted by Gasteiger charge is -2.19. The molecule has 2 nitrogen and oxygen atoms in total. The molecule has 1 unspecified atom stereocenters. The van der Waals surface area contributed by atoms with Crippen LogP contribution < -0.4 is 5.32 Å². The van der Waals surface area contributed by atoms with Crippen molar-refractivity contribution < 1.29 is 5.11 Å². The summed E-state index contributed by atoms with van der Waals surface area (Å²) in [7, 11) is 1.94. The molecule has 1 aliphatic carbocycles. The lowest BCUT2D eigenvalue weighted by atomic mass is 10.00. The molecule has 0 aliphatic heterocycles. The van der Waals surface area contributed by atoms with Gasteiger partial charge in [0.2, 0.25) is 0 Å². The zero-order valence-electron chi connectivity index (χ0n) is 6.15. The molecule has 0 aromatic heterocycles. The standard InChI is InChI=1S/C7H15NO/c1-6(8-2)7(5-9)3-4-7/h6,8-9H,3-5H2,1-2H3. The molecule has 1 aliphatic rings. The van der Waals surface area contributed by atoms with Crippen molar-refractivity contribution in [2.24, 2.45) is 5.41 Å². The molecule has 0 bridgehead atoms. The minimum Gasteiger partial charge on any atom is -0.396 e. The zero-order valence-corrected chi connectivity index (χ0v) is 6.15. The summed E-state index contributed by atoms with van der Waals surface area (Å²) >= 11 is 0. The first kappa shape index (κ1) is 7.03. The topological polar surface area (TPSA) is 32.3 Å². The predicted octanol–water partition coefficient (Wildman–Crippen LogP) is 0.367. The fraction of sp³-hybridized carbons (Fsp3) is 1.00. The second-order valence-corrected chi connectivity index (χ2v) is 3.03. The van der Waals surface area contributed by atoms with E-state index in [2.05, 4.69) is 12.2 Å². The second kappa shape index (κ2) is 2.27. The average molecular weight is 129 g/mol. The number of nitrogens with one attached hydrogen (secondary N) is 1. The van der Waals surface area contributed by atoms with Gasteiger partial charge in [0.15, 0.2) is 0 Å². The van der Waals surface area contributed by atoms with Crippen molar-refractivity contribution in [2.45, 2.75) is 25.8 Å². The normalized spacial score (nSPS) is 25.7. The van der Waals surface area contributed by atoms with Crippen LogP contribution in [0.2, 0.25) is 0 Å². The Balaban J connectivity index is 2.39. The first-order chi connectivity index (χ1) is 4.25. The van der Waals surface area contributed by atoms with E-state index < -0.39 is 0 Å². The number of aliphatic hydroxyl groups excluding tert-OH is 1. The number of aliphatic hydroxyl groups is 1. The van der Waals surface area contributed by atoms with Crippen LogP contribution in [-0.4, -0.2) is 24.8 Å². The van der Waals surface area contributed by atoms with Crippen molar-refractivity contribution in [3.05, 3.63) is 0 Å². The van der Waals surface area contributed by atoms with Gasteiger partial charge in [-0.15, -0.1) is 0 Å². The molecule has 1 saturated carbocycles. The molecule has 2 N–H and O–H groups in total. The van der Waals surface area contributed by atoms with Crippen molar-refractivity contribution in [1.82, 2.24) is 5.32 Å². The lowest BCUT2D eigenvalue weighted by molar-refractivity contribution is 0.181. The Bertz CT molecular complexity index is 99.1. The highest BCUT2D eigenvalue weighted by Gasteiger charge is 2.46. The summed E-state index contributed by atoms with van der Waals surface area (Å²) in [5, 5.41) is 12.1. The molecular weight excluding hydrogens is 114 g/mol. The third-order valence-corrected chi connectivity index (χ3v) is 2.56. The van der Waals surface area contributed by atoms with Crippen molar-refractivity contribution in [3.63, 3.8) is 0 Å². The van der Waals surface area contributed by atoms with Gasteiger partial charge in [0, 0.05) is 11.5 Å². The molecule has 0 spiro atoms. The van der Waals surface area contributed by atoms with Crippen LogP contribution >= 0.6 is 0 Å². The molecule has 9 heavy (non-hydrogen) atoms. The third-order valence-electron chi connectivity index (χ3n) is 2.56. The van der Waals surface area contributed by atoms with Gasteiger partial charge in [0.05, 0.1) is 6.61 Å². The van der Waals surface area contributed by atoms with Crippen LogP contribution in [0.4, 0.5) is 0 Å². The summed E-state index contributed by atoms with van der Waals surface area (Å²) in [6.45, 7) is 2.47. The number of hydrogen-bond donors (Lipinski definition) is 2. The fourth-order valence-corrected chi connectivity index (χ4v) is 1.19. The first-order valence-corrected chi connectivity index (χ1v) is 3.53. The van der Waals surface area contributed by atoms with E-state index in [4.69, 9.17) is 5.11 Å². The van der Waals surface area contributed by atoms with Crippen molar-refractivity contribution in [2.75, 3.05) is 13.7 Å². The monoisotopic (exact) mass is 129 g/mol. The van der Waals surface area contributed by atoms with E-state index in [9.17, 15) is 0 Å². The molecule has 0 aromatic rings. The van der Waals surface area contributed by atoms with E-state index in [1.54, 1.807) is 0 Å². The van der Waals surface area contributed by atoms with Crippen LogP contribution in [0.3, 0.4) is 0 Å². The highest BCUT2D eigenvalue weighted by molar-refractivity contribution is 4.99. The molecule has 1 fully saturated rings. The molecule has 54 valence electrons. The summed E-state index contributed by atoms with van der Waals surface area (Å²) in [5.74, 6) is 0. The summed E-state index contributed by atoms with van der Waals surface area (Å²) in [4.78, 5) is 0. The van der Waals surface area contributed by atoms with Gasteiger partial charge in [-0.1, -0.05) is 0 Å². The second-order valence-electron chi connectivity index (χ2n) is 3.03. The molecule has 0 heterocycles. The van der Waals surface area contributed by atoms with Crippen LogP contribution in [-0.2, 0) is 0 Å². The Hall–Kier alpha value is -0.0800. The van der Waals surface area contributed by atoms with E-state index in [1.165, 1.54) is 12.8 Å². The lowest BCUT2D eigenvalue weighted by Crippen LogP contribution is -2.34. The van der Waals surface area contributed by atoms with Gasteiger partial charge < -0.3 is 10.4 Å². The van der Waals surface area contributed by atoms with Crippen LogP contribution in [0.5, 0.6) is 0 Å². The summed E-state index contributed by atoms with van der Waals surface area (Å²) in [6, 6.07) is 0.475. The van der Waals surface area contributed by atoms with Gasteiger partial charge in [-0.25, -0.2) is 0 Å². The maximum atomic E-state index is 8.92. The van der Waals surface area contributed by atoms with E-state index in [-0.39, 0.29) is 5.41 Å².